The number of aromatic nitrogens is 5. The first kappa shape index (κ1) is 19.1. The molecule has 154 valence electrons. The number of aromatic amines is 1. The van der Waals surface area contributed by atoms with E-state index in [4.69, 9.17) is 0 Å². The van der Waals surface area contributed by atoms with Crippen molar-refractivity contribution in [1.82, 2.24) is 30.4 Å². The van der Waals surface area contributed by atoms with E-state index in [1.54, 1.807) is 13.8 Å². The molecule has 1 atom stereocenters. The van der Waals surface area contributed by atoms with Crippen LogP contribution < -0.4 is 15.4 Å². The molecular formula is C18H17N7O5. The summed E-state index contributed by atoms with van der Waals surface area (Å²) in [6.45, 7) is 3.28. The number of imidazole rings is 1. The van der Waals surface area contributed by atoms with Crippen molar-refractivity contribution >= 4 is 17.8 Å². The summed E-state index contributed by atoms with van der Waals surface area (Å²) in [6, 6.07) is 4.82. The SMILES string of the molecule is Cc1c(C)[n+]([O-])c(C(c2ccc(O)cc2)C2C(=O)NC(=O)NC2=O)n1-c1ncn[nH]1. The van der Waals surface area contributed by atoms with Gasteiger partial charge in [-0.15, -0.1) is 0 Å². The minimum atomic E-state index is -1.43. The van der Waals surface area contributed by atoms with E-state index in [9.17, 15) is 24.7 Å². The van der Waals surface area contributed by atoms with Gasteiger partial charge in [0.1, 0.15) is 29.6 Å². The Morgan fingerprint density at radius 2 is 1.77 bits per heavy atom. The molecule has 0 saturated carbocycles. The lowest BCUT2D eigenvalue weighted by Crippen LogP contribution is -2.58. The van der Waals surface area contributed by atoms with Gasteiger partial charge < -0.3 is 10.3 Å². The topological polar surface area (TPSA) is 169 Å². The second kappa shape index (κ2) is 6.99. The molecule has 4 N–H and O–H groups in total. The molecule has 3 aromatic rings. The molecule has 1 saturated heterocycles. The van der Waals surface area contributed by atoms with Crippen LogP contribution in [-0.2, 0) is 9.59 Å². The van der Waals surface area contributed by atoms with E-state index in [2.05, 4.69) is 25.8 Å². The van der Waals surface area contributed by atoms with Crippen molar-refractivity contribution < 1.29 is 24.2 Å². The number of carbonyl (C=O) groups excluding carboxylic acids is 3. The van der Waals surface area contributed by atoms with Crippen molar-refractivity contribution in [2.24, 2.45) is 5.92 Å². The first-order chi connectivity index (χ1) is 14.3. The number of amides is 4. The van der Waals surface area contributed by atoms with Crippen LogP contribution in [0.15, 0.2) is 30.6 Å². The second-order valence-corrected chi connectivity index (χ2v) is 6.82. The van der Waals surface area contributed by atoms with Crippen molar-refractivity contribution in [2.45, 2.75) is 19.8 Å². The number of carbonyl (C=O) groups is 3. The largest absolute Gasteiger partial charge is 0.711 e. The van der Waals surface area contributed by atoms with Gasteiger partial charge in [-0.25, -0.2) is 14.6 Å². The van der Waals surface area contributed by atoms with Gasteiger partial charge in [0.05, 0.1) is 0 Å². The predicted molar refractivity (Wildman–Crippen MR) is 99.3 cm³/mol. The number of barbiturate groups is 1. The lowest BCUT2D eigenvalue weighted by Gasteiger charge is -2.27. The summed E-state index contributed by atoms with van der Waals surface area (Å²) in [6.07, 6.45) is 1.26. The summed E-state index contributed by atoms with van der Waals surface area (Å²) >= 11 is 0. The number of nitrogens with one attached hydrogen (secondary N) is 3. The average Bonchev–Trinajstić information content (AvgIpc) is 3.29. The summed E-state index contributed by atoms with van der Waals surface area (Å²) in [5.74, 6) is -4.01. The number of rotatable bonds is 4. The number of benzene rings is 1. The van der Waals surface area contributed by atoms with Gasteiger partial charge in [-0.2, -0.15) is 14.6 Å². The number of hydrogen-bond donors (Lipinski definition) is 4. The van der Waals surface area contributed by atoms with E-state index in [1.807, 2.05) is 0 Å². The van der Waals surface area contributed by atoms with Crippen LogP contribution in [0.4, 0.5) is 4.79 Å². The molecule has 4 rings (SSSR count). The Morgan fingerprint density at radius 3 is 2.33 bits per heavy atom. The highest BCUT2D eigenvalue weighted by Crippen LogP contribution is 2.35. The van der Waals surface area contributed by atoms with Crippen LogP contribution in [0.25, 0.3) is 5.95 Å². The van der Waals surface area contributed by atoms with Crippen molar-refractivity contribution in [3.8, 4) is 11.7 Å². The van der Waals surface area contributed by atoms with Gasteiger partial charge in [-0.3, -0.25) is 20.2 Å². The molecule has 0 aliphatic carbocycles. The fraction of sp³-hybridized carbons (Fsp3) is 0.222. The van der Waals surface area contributed by atoms with Crippen LogP contribution in [0.3, 0.4) is 0 Å². The highest BCUT2D eigenvalue weighted by atomic mass is 16.5. The van der Waals surface area contributed by atoms with Crippen LogP contribution in [0.1, 0.15) is 28.7 Å². The van der Waals surface area contributed by atoms with Crippen LogP contribution in [0, 0.1) is 25.0 Å². The summed E-state index contributed by atoms with van der Waals surface area (Å²) in [7, 11) is 0. The quantitative estimate of drug-likeness (QED) is 0.259. The Kier molecular flexibility index (Phi) is 4.45. The molecule has 1 aromatic carbocycles. The van der Waals surface area contributed by atoms with Crippen molar-refractivity contribution in [1.29, 1.82) is 0 Å². The molecule has 1 unspecified atom stereocenters. The fourth-order valence-corrected chi connectivity index (χ4v) is 3.59. The van der Waals surface area contributed by atoms with E-state index < -0.39 is 29.7 Å². The number of nitrogens with zero attached hydrogens (tertiary/aromatic N) is 4. The molecule has 0 bridgehead atoms. The molecule has 0 radical (unpaired) electrons. The molecule has 2 aromatic heterocycles. The maximum atomic E-state index is 13.2. The number of H-pyrrole nitrogens is 1. The Morgan fingerprint density at radius 1 is 1.13 bits per heavy atom. The fourth-order valence-electron chi connectivity index (χ4n) is 3.59. The number of phenolic OH excluding ortho intramolecular Hbond substituents is 1. The van der Waals surface area contributed by atoms with Crippen molar-refractivity contribution in [3.05, 3.63) is 58.6 Å². The molecule has 1 aliphatic rings. The third-order valence-electron chi connectivity index (χ3n) is 5.12. The van der Waals surface area contributed by atoms with Gasteiger partial charge >= 0.3 is 12.0 Å². The van der Waals surface area contributed by atoms with Gasteiger partial charge in [0.15, 0.2) is 5.69 Å². The minimum Gasteiger partial charge on any atom is -0.711 e. The maximum absolute atomic E-state index is 13.2. The van der Waals surface area contributed by atoms with Crippen LogP contribution in [0.2, 0.25) is 0 Å². The van der Waals surface area contributed by atoms with Gasteiger partial charge in [0.2, 0.25) is 11.8 Å². The predicted octanol–water partition coefficient (Wildman–Crippen LogP) is -0.335. The standard InChI is InChI=1S/C18H17N7O5/c1-8-9(2)25(30)16(24(8)17-19-7-20-23-17)12(10-3-5-11(26)6-4-10)13-14(27)21-18(29)22-15(13)28/h3-7,12-13,26H,1-2H3,(H,19,20,23)(H2,21,22,27,28,29). The van der Waals surface area contributed by atoms with Gasteiger partial charge in [-0.1, -0.05) is 12.1 Å². The summed E-state index contributed by atoms with van der Waals surface area (Å²) in [5.41, 5.74) is 1.26. The Balaban J connectivity index is 2.00. The highest BCUT2D eigenvalue weighted by molar-refractivity contribution is 6.16. The first-order valence-electron chi connectivity index (χ1n) is 8.91. The van der Waals surface area contributed by atoms with Gasteiger partial charge in [-0.05, 0) is 17.7 Å². The number of hydrogen-bond acceptors (Lipinski definition) is 7. The molecule has 12 nitrogen and oxygen atoms in total. The van der Waals surface area contributed by atoms with Crippen molar-refractivity contribution in [3.63, 3.8) is 0 Å². The zero-order chi connectivity index (χ0) is 21.6. The highest BCUT2D eigenvalue weighted by Gasteiger charge is 2.47. The molecule has 0 spiro atoms. The molecule has 3 heterocycles. The summed E-state index contributed by atoms with van der Waals surface area (Å²) in [4.78, 5) is 41.0. The monoisotopic (exact) mass is 411 g/mol. The Bertz CT molecular complexity index is 1130. The van der Waals surface area contributed by atoms with Crippen LogP contribution in [-0.4, -0.2) is 42.7 Å². The molecule has 4 amide bonds. The average molecular weight is 411 g/mol. The van der Waals surface area contributed by atoms with E-state index in [-0.39, 0.29) is 17.5 Å². The first-order valence-corrected chi connectivity index (χ1v) is 8.91. The maximum Gasteiger partial charge on any atom is 0.328 e. The lowest BCUT2D eigenvalue weighted by atomic mass is 9.83. The zero-order valence-electron chi connectivity index (χ0n) is 15.9. The van der Waals surface area contributed by atoms with Crippen LogP contribution >= 0.6 is 0 Å². The third kappa shape index (κ3) is 2.94. The van der Waals surface area contributed by atoms with Crippen molar-refractivity contribution in [2.75, 3.05) is 0 Å². The third-order valence-corrected chi connectivity index (χ3v) is 5.12. The second-order valence-electron chi connectivity index (χ2n) is 6.82. The number of imide groups is 2. The number of urea groups is 1. The van der Waals surface area contributed by atoms with E-state index in [0.29, 0.717) is 21.7 Å². The minimum absolute atomic E-state index is 0.0251. The Hall–Kier alpha value is -4.22. The molecule has 12 heteroatoms. The van der Waals surface area contributed by atoms with Crippen LogP contribution in [0.5, 0.6) is 5.75 Å². The number of aromatic hydroxyl groups is 1. The summed E-state index contributed by atoms with van der Waals surface area (Å²) < 4.78 is 2.09. The molecule has 1 aliphatic heterocycles. The van der Waals surface area contributed by atoms with E-state index >= 15 is 0 Å². The number of phenols is 1. The molecular weight excluding hydrogens is 394 g/mol. The Labute approximate surface area is 169 Å². The summed E-state index contributed by atoms with van der Waals surface area (Å²) in [5, 5.41) is 33.5. The lowest BCUT2D eigenvalue weighted by molar-refractivity contribution is -0.621. The van der Waals surface area contributed by atoms with E-state index in [0.717, 1.165) is 0 Å². The normalized spacial score (nSPS) is 15.7. The van der Waals surface area contributed by atoms with Gasteiger partial charge in [0.25, 0.3) is 5.82 Å². The zero-order valence-corrected chi connectivity index (χ0v) is 15.9. The molecule has 30 heavy (non-hydrogen) atoms. The van der Waals surface area contributed by atoms with E-state index in [1.165, 1.54) is 35.2 Å². The smallest absolute Gasteiger partial charge is 0.328 e. The molecule has 1 fully saturated rings. The van der Waals surface area contributed by atoms with Gasteiger partial charge in [0, 0.05) is 13.8 Å².